The number of methoxy groups -OCH3 is 2. The van der Waals surface area contributed by atoms with E-state index in [9.17, 15) is 4.79 Å². The Morgan fingerprint density at radius 3 is 2.76 bits per heavy atom. The highest BCUT2D eigenvalue weighted by molar-refractivity contribution is 5.48. The highest BCUT2D eigenvalue weighted by Gasteiger charge is 2.23. The van der Waals surface area contributed by atoms with Gasteiger partial charge < -0.3 is 14.5 Å². The summed E-state index contributed by atoms with van der Waals surface area (Å²) in [6, 6.07) is 5.74. The summed E-state index contributed by atoms with van der Waals surface area (Å²) in [6.45, 7) is 3.84. The van der Waals surface area contributed by atoms with Crippen LogP contribution in [0.3, 0.4) is 0 Å². The molecule has 4 rings (SSSR count). The minimum atomic E-state index is -0.130. The zero-order chi connectivity index (χ0) is 20.4. The first-order valence-electron chi connectivity index (χ1n) is 9.41. The van der Waals surface area contributed by atoms with E-state index in [4.69, 9.17) is 9.47 Å². The van der Waals surface area contributed by atoms with Gasteiger partial charge in [0, 0.05) is 37.8 Å². The lowest BCUT2D eigenvalue weighted by molar-refractivity contribution is 0.237. The smallest absolute Gasteiger partial charge is 0.255 e. The summed E-state index contributed by atoms with van der Waals surface area (Å²) in [7, 11) is 3.30. The number of aromatic nitrogens is 4. The first-order chi connectivity index (χ1) is 14.1. The highest BCUT2D eigenvalue weighted by Crippen LogP contribution is 2.27. The lowest BCUT2D eigenvalue weighted by Gasteiger charge is -2.28. The van der Waals surface area contributed by atoms with Gasteiger partial charge in [-0.05, 0) is 25.1 Å². The van der Waals surface area contributed by atoms with E-state index in [-0.39, 0.29) is 5.56 Å². The molecule has 0 saturated heterocycles. The molecule has 0 spiro atoms. The van der Waals surface area contributed by atoms with Gasteiger partial charge in [-0.1, -0.05) is 0 Å². The normalized spacial score (nSPS) is 13.8. The van der Waals surface area contributed by atoms with Gasteiger partial charge in [-0.3, -0.25) is 14.7 Å². The molecule has 0 atom stereocenters. The number of benzene rings is 1. The maximum absolute atomic E-state index is 12.7. The van der Waals surface area contributed by atoms with E-state index in [0.717, 1.165) is 35.0 Å². The predicted molar refractivity (Wildman–Crippen MR) is 108 cm³/mol. The number of hydrogen-bond donors (Lipinski definition) is 1. The van der Waals surface area contributed by atoms with Crippen LogP contribution in [0.25, 0.3) is 11.5 Å². The van der Waals surface area contributed by atoms with Crippen LogP contribution in [0.1, 0.15) is 22.5 Å². The van der Waals surface area contributed by atoms with E-state index in [1.807, 2.05) is 25.1 Å². The van der Waals surface area contributed by atoms with Crippen molar-refractivity contribution in [1.82, 2.24) is 24.8 Å². The Hall–Kier alpha value is -3.26. The van der Waals surface area contributed by atoms with E-state index >= 15 is 0 Å². The van der Waals surface area contributed by atoms with Gasteiger partial charge in [-0.2, -0.15) is 0 Å². The third kappa shape index (κ3) is 3.97. The van der Waals surface area contributed by atoms with Gasteiger partial charge in [0.1, 0.15) is 17.2 Å². The van der Waals surface area contributed by atoms with Crippen molar-refractivity contribution in [2.45, 2.75) is 26.4 Å². The fourth-order valence-electron chi connectivity index (χ4n) is 3.50. The SMILES string of the molecule is COc1ccc(OC)c(CN2CCc3nc(-c4cnc(C)cn4)[nH]c(=O)c3C2)c1. The second kappa shape index (κ2) is 8.00. The van der Waals surface area contributed by atoms with Gasteiger partial charge in [0.2, 0.25) is 0 Å². The molecule has 1 aromatic carbocycles. The van der Waals surface area contributed by atoms with Crippen molar-refractivity contribution in [3.63, 3.8) is 0 Å². The predicted octanol–water partition coefficient (Wildman–Crippen LogP) is 2.11. The second-order valence-electron chi connectivity index (χ2n) is 7.02. The summed E-state index contributed by atoms with van der Waals surface area (Å²) < 4.78 is 10.8. The largest absolute Gasteiger partial charge is 0.497 e. The van der Waals surface area contributed by atoms with Gasteiger partial charge in [-0.15, -0.1) is 0 Å². The molecule has 1 aliphatic rings. The Morgan fingerprint density at radius 2 is 2.03 bits per heavy atom. The maximum atomic E-state index is 12.7. The number of aromatic amines is 1. The Kier molecular flexibility index (Phi) is 5.26. The molecule has 0 unspecified atom stereocenters. The Bertz CT molecular complexity index is 1080. The highest BCUT2D eigenvalue weighted by atomic mass is 16.5. The van der Waals surface area contributed by atoms with Crippen LogP contribution in [0.15, 0.2) is 35.4 Å². The molecule has 0 radical (unpaired) electrons. The van der Waals surface area contributed by atoms with Gasteiger partial charge in [-0.25, -0.2) is 9.97 Å². The number of fused-ring (bicyclic) bond motifs is 1. The van der Waals surface area contributed by atoms with Crippen molar-refractivity contribution >= 4 is 0 Å². The summed E-state index contributed by atoms with van der Waals surface area (Å²) in [6.07, 6.45) is 3.99. The summed E-state index contributed by atoms with van der Waals surface area (Å²) in [5, 5.41) is 0. The van der Waals surface area contributed by atoms with E-state index in [0.29, 0.717) is 36.6 Å². The standard InChI is InChI=1S/C21H23N5O3/c1-13-9-23-18(10-22-13)20-24-17-6-7-26(12-16(17)21(27)25-20)11-14-8-15(28-2)4-5-19(14)29-3/h4-5,8-10H,6-7,11-12H2,1-3H3,(H,24,25,27). The molecule has 8 heteroatoms. The van der Waals surface area contributed by atoms with Crippen molar-refractivity contribution in [2.24, 2.45) is 0 Å². The topological polar surface area (TPSA) is 93.2 Å². The molecular formula is C21H23N5O3. The van der Waals surface area contributed by atoms with Gasteiger partial charge >= 0.3 is 0 Å². The Morgan fingerprint density at radius 1 is 1.17 bits per heavy atom. The first kappa shape index (κ1) is 19.1. The molecule has 0 fully saturated rings. The molecule has 8 nitrogen and oxygen atoms in total. The monoisotopic (exact) mass is 393 g/mol. The van der Waals surface area contributed by atoms with E-state index in [2.05, 4.69) is 24.8 Å². The fraction of sp³-hybridized carbons (Fsp3) is 0.333. The molecule has 2 aromatic heterocycles. The number of ether oxygens (including phenoxy) is 2. The Balaban J connectivity index is 1.58. The van der Waals surface area contributed by atoms with E-state index < -0.39 is 0 Å². The maximum Gasteiger partial charge on any atom is 0.255 e. The zero-order valence-corrected chi connectivity index (χ0v) is 16.7. The molecule has 0 saturated carbocycles. The average molecular weight is 393 g/mol. The molecule has 3 heterocycles. The minimum absolute atomic E-state index is 0.130. The molecule has 0 bridgehead atoms. The van der Waals surface area contributed by atoms with Crippen LogP contribution < -0.4 is 15.0 Å². The van der Waals surface area contributed by atoms with Crippen molar-refractivity contribution < 1.29 is 9.47 Å². The lowest BCUT2D eigenvalue weighted by Crippen LogP contribution is -2.35. The van der Waals surface area contributed by atoms with Gasteiger partial charge in [0.25, 0.3) is 5.56 Å². The van der Waals surface area contributed by atoms with E-state index in [1.165, 1.54) is 0 Å². The number of aryl methyl sites for hydroxylation is 1. The molecular weight excluding hydrogens is 370 g/mol. The number of H-pyrrole nitrogens is 1. The third-order valence-corrected chi connectivity index (χ3v) is 5.05. The molecule has 0 aliphatic carbocycles. The number of nitrogens with zero attached hydrogens (tertiary/aromatic N) is 4. The van der Waals surface area contributed by atoms with Crippen LogP contribution >= 0.6 is 0 Å². The number of nitrogens with one attached hydrogen (secondary N) is 1. The lowest BCUT2D eigenvalue weighted by atomic mass is 10.1. The second-order valence-corrected chi connectivity index (χ2v) is 7.02. The van der Waals surface area contributed by atoms with Crippen molar-refractivity contribution in [3.8, 4) is 23.0 Å². The summed E-state index contributed by atoms with van der Waals surface area (Å²) >= 11 is 0. The fourth-order valence-corrected chi connectivity index (χ4v) is 3.50. The van der Waals surface area contributed by atoms with Crippen LogP contribution in [0, 0.1) is 6.92 Å². The molecule has 0 amide bonds. The number of rotatable bonds is 5. The van der Waals surface area contributed by atoms with Gasteiger partial charge in [0.15, 0.2) is 5.82 Å². The first-order valence-corrected chi connectivity index (χ1v) is 9.41. The quantitative estimate of drug-likeness (QED) is 0.710. The van der Waals surface area contributed by atoms with Crippen molar-refractivity contribution in [2.75, 3.05) is 20.8 Å². The van der Waals surface area contributed by atoms with Crippen LogP contribution in [0.5, 0.6) is 11.5 Å². The van der Waals surface area contributed by atoms with Crippen LogP contribution in [-0.2, 0) is 19.5 Å². The zero-order valence-electron chi connectivity index (χ0n) is 16.7. The van der Waals surface area contributed by atoms with Crippen LogP contribution in [-0.4, -0.2) is 45.6 Å². The third-order valence-electron chi connectivity index (χ3n) is 5.05. The summed E-state index contributed by atoms with van der Waals surface area (Å²) in [5.74, 6) is 2.04. The molecule has 150 valence electrons. The minimum Gasteiger partial charge on any atom is -0.497 e. The Labute approximate surface area is 168 Å². The molecule has 3 aromatic rings. The van der Waals surface area contributed by atoms with Crippen molar-refractivity contribution in [1.29, 1.82) is 0 Å². The summed E-state index contributed by atoms with van der Waals surface area (Å²) in [5.41, 5.74) is 3.79. The summed E-state index contributed by atoms with van der Waals surface area (Å²) in [4.78, 5) is 31.0. The van der Waals surface area contributed by atoms with E-state index in [1.54, 1.807) is 26.6 Å². The molecule has 1 aliphatic heterocycles. The van der Waals surface area contributed by atoms with Crippen LogP contribution in [0.2, 0.25) is 0 Å². The average Bonchev–Trinajstić information content (AvgIpc) is 2.74. The number of hydrogen-bond acceptors (Lipinski definition) is 7. The molecule has 1 N–H and O–H groups in total. The van der Waals surface area contributed by atoms with Crippen LogP contribution in [0.4, 0.5) is 0 Å². The molecule has 29 heavy (non-hydrogen) atoms. The van der Waals surface area contributed by atoms with Gasteiger partial charge in [0.05, 0.1) is 37.4 Å². The van der Waals surface area contributed by atoms with Crippen molar-refractivity contribution in [3.05, 3.63) is 63.5 Å².